The molecule has 0 atom stereocenters. The maximum atomic E-state index is 12.7. The first-order valence-electron chi connectivity index (χ1n) is 6.90. The Labute approximate surface area is 132 Å². The second-order valence-corrected chi connectivity index (χ2v) is 5.31. The smallest absolute Gasteiger partial charge is 0.416 e. The van der Waals surface area contributed by atoms with Crippen LogP contribution in [0.3, 0.4) is 0 Å². The van der Waals surface area contributed by atoms with Gasteiger partial charge in [0.1, 0.15) is 5.75 Å². The highest BCUT2D eigenvalue weighted by Crippen LogP contribution is 2.30. The number of hydrogen-bond acceptors (Lipinski definition) is 2. The van der Waals surface area contributed by atoms with Gasteiger partial charge in [-0.3, -0.25) is 4.79 Å². The van der Waals surface area contributed by atoms with Crippen molar-refractivity contribution >= 4 is 5.91 Å². The van der Waals surface area contributed by atoms with Gasteiger partial charge in [-0.1, -0.05) is 18.2 Å². The van der Waals surface area contributed by atoms with E-state index in [2.05, 4.69) is 0 Å². The minimum atomic E-state index is -4.42. The lowest BCUT2D eigenvalue weighted by atomic mass is 10.1. The number of benzene rings is 2. The van der Waals surface area contributed by atoms with Crippen LogP contribution in [-0.4, -0.2) is 23.0 Å². The van der Waals surface area contributed by atoms with E-state index in [1.165, 1.54) is 30.1 Å². The number of carbonyl (C=O) groups excluding carboxylic acids is 1. The van der Waals surface area contributed by atoms with Crippen LogP contribution in [-0.2, 0) is 12.7 Å². The topological polar surface area (TPSA) is 40.5 Å². The van der Waals surface area contributed by atoms with Gasteiger partial charge in [-0.2, -0.15) is 13.2 Å². The fourth-order valence-electron chi connectivity index (χ4n) is 2.25. The molecule has 2 rings (SSSR count). The maximum Gasteiger partial charge on any atom is 0.416 e. The first kappa shape index (κ1) is 16.9. The molecule has 0 aliphatic heterocycles. The lowest BCUT2D eigenvalue weighted by molar-refractivity contribution is -0.137. The highest BCUT2D eigenvalue weighted by Gasteiger charge is 2.30. The van der Waals surface area contributed by atoms with E-state index in [-0.39, 0.29) is 18.2 Å². The van der Waals surface area contributed by atoms with E-state index in [4.69, 9.17) is 0 Å². The summed E-state index contributed by atoms with van der Waals surface area (Å²) < 4.78 is 38.2. The molecule has 0 radical (unpaired) electrons. The summed E-state index contributed by atoms with van der Waals surface area (Å²) in [6.07, 6.45) is -4.42. The molecule has 1 N–H and O–H groups in total. The normalized spacial score (nSPS) is 11.3. The number of carbonyl (C=O) groups is 1. The van der Waals surface area contributed by atoms with Crippen LogP contribution in [0, 0.1) is 6.92 Å². The quantitative estimate of drug-likeness (QED) is 0.928. The van der Waals surface area contributed by atoms with Crippen molar-refractivity contribution in [2.45, 2.75) is 19.6 Å². The summed E-state index contributed by atoms with van der Waals surface area (Å²) in [5.41, 5.74) is 0.394. The molecule has 0 spiro atoms. The minimum Gasteiger partial charge on any atom is -0.508 e. The molecule has 3 nitrogen and oxygen atoms in total. The lowest BCUT2D eigenvalue weighted by Gasteiger charge is -2.19. The number of alkyl halides is 3. The van der Waals surface area contributed by atoms with E-state index in [1.54, 1.807) is 19.1 Å². The SMILES string of the molecule is Cc1c(O)cccc1C(=O)N(C)Cc1cccc(C(F)(F)F)c1. The van der Waals surface area contributed by atoms with Crippen LogP contribution in [0.2, 0.25) is 0 Å². The second-order valence-electron chi connectivity index (χ2n) is 5.31. The van der Waals surface area contributed by atoms with Crippen molar-refractivity contribution in [2.75, 3.05) is 7.05 Å². The van der Waals surface area contributed by atoms with E-state index < -0.39 is 11.7 Å². The Hall–Kier alpha value is -2.50. The van der Waals surface area contributed by atoms with Gasteiger partial charge < -0.3 is 10.0 Å². The van der Waals surface area contributed by atoms with Crippen LogP contribution in [0.4, 0.5) is 13.2 Å². The molecule has 0 fully saturated rings. The summed E-state index contributed by atoms with van der Waals surface area (Å²) in [6, 6.07) is 9.46. The third kappa shape index (κ3) is 3.83. The fourth-order valence-corrected chi connectivity index (χ4v) is 2.25. The van der Waals surface area contributed by atoms with Crippen LogP contribution in [0.15, 0.2) is 42.5 Å². The number of amides is 1. The van der Waals surface area contributed by atoms with E-state index in [9.17, 15) is 23.1 Å². The molecule has 0 saturated heterocycles. The third-order valence-corrected chi connectivity index (χ3v) is 3.56. The molecule has 1 amide bonds. The highest BCUT2D eigenvalue weighted by molar-refractivity contribution is 5.96. The zero-order chi connectivity index (χ0) is 17.2. The molecule has 2 aromatic carbocycles. The van der Waals surface area contributed by atoms with Gasteiger partial charge in [0.15, 0.2) is 0 Å². The van der Waals surface area contributed by atoms with Crippen LogP contribution in [0.1, 0.15) is 27.0 Å². The van der Waals surface area contributed by atoms with Gasteiger partial charge in [0.25, 0.3) is 5.91 Å². The van der Waals surface area contributed by atoms with E-state index in [0.29, 0.717) is 16.7 Å². The van der Waals surface area contributed by atoms with Gasteiger partial charge in [0, 0.05) is 24.7 Å². The Balaban J connectivity index is 2.20. The standard InChI is InChI=1S/C17H16F3NO2/c1-11-14(7-4-8-15(11)22)16(23)21(2)10-12-5-3-6-13(9-12)17(18,19)20/h3-9,22H,10H2,1-2H3. The van der Waals surface area contributed by atoms with Crippen LogP contribution in [0.25, 0.3) is 0 Å². The summed E-state index contributed by atoms with van der Waals surface area (Å²) in [7, 11) is 1.51. The average Bonchev–Trinajstić information content (AvgIpc) is 2.49. The number of hydrogen-bond donors (Lipinski definition) is 1. The monoisotopic (exact) mass is 323 g/mol. The molecule has 0 unspecified atom stereocenters. The number of phenols is 1. The Bertz CT molecular complexity index is 726. The van der Waals surface area contributed by atoms with Crippen molar-refractivity contribution < 1.29 is 23.1 Å². The van der Waals surface area contributed by atoms with Gasteiger partial charge in [-0.05, 0) is 36.8 Å². The third-order valence-electron chi connectivity index (χ3n) is 3.56. The molecule has 122 valence electrons. The summed E-state index contributed by atoms with van der Waals surface area (Å²) in [5, 5.41) is 9.65. The van der Waals surface area contributed by atoms with Crippen molar-refractivity contribution in [1.29, 1.82) is 0 Å². The Morgan fingerprint density at radius 3 is 2.48 bits per heavy atom. The van der Waals surface area contributed by atoms with Crippen molar-refractivity contribution in [3.63, 3.8) is 0 Å². The van der Waals surface area contributed by atoms with Crippen LogP contribution in [0.5, 0.6) is 5.75 Å². The van der Waals surface area contributed by atoms with Gasteiger partial charge in [-0.25, -0.2) is 0 Å². The minimum absolute atomic E-state index is 0.00307. The molecule has 2 aromatic rings. The highest BCUT2D eigenvalue weighted by atomic mass is 19.4. The predicted molar refractivity (Wildman–Crippen MR) is 80.1 cm³/mol. The number of rotatable bonds is 3. The fraction of sp³-hybridized carbons (Fsp3) is 0.235. The Kier molecular flexibility index (Phi) is 4.63. The molecule has 23 heavy (non-hydrogen) atoms. The number of nitrogens with zero attached hydrogens (tertiary/aromatic N) is 1. The molecule has 0 aliphatic carbocycles. The summed E-state index contributed by atoms with van der Waals surface area (Å²) >= 11 is 0. The zero-order valence-corrected chi connectivity index (χ0v) is 12.7. The molecule has 0 aromatic heterocycles. The number of phenolic OH excluding ortho intramolecular Hbond substituents is 1. The first-order valence-corrected chi connectivity index (χ1v) is 6.90. The maximum absolute atomic E-state index is 12.7. The summed E-state index contributed by atoms with van der Waals surface area (Å²) in [4.78, 5) is 13.7. The molecular formula is C17H16F3NO2. The Morgan fingerprint density at radius 2 is 1.83 bits per heavy atom. The first-order chi connectivity index (χ1) is 10.7. The zero-order valence-electron chi connectivity index (χ0n) is 12.7. The van der Waals surface area contributed by atoms with E-state index >= 15 is 0 Å². The molecule has 0 bridgehead atoms. The predicted octanol–water partition coefficient (Wildman–Crippen LogP) is 3.99. The van der Waals surface area contributed by atoms with Crippen LogP contribution < -0.4 is 0 Å². The van der Waals surface area contributed by atoms with Crippen molar-refractivity contribution in [3.8, 4) is 5.75 Å². The summed E-state index contributed by atoms with van der Waals surface area (Å²) in [6.45, 7) is 1.65. The van der Waals surface area contributed by atoms with Gasteiger partial charge >= 0.3 is 6.18 Å². The van der Waals surface area contributed by atoms with Crippen molar-refractivity contribution in [3.05, 3.63) is 64.7 Å². The van der Waals surface area contributed by atoms with Crippen molar-refractivity contribution in [1.82, 2.24) is 4.90 Å². The Morgan fingerprint density at radius 1 is 1.17 bits per heavy atom. The lowest BCUT2D eigenvalue weighted by Crippen LogP contribution is -2.27. The molecule has 0 saturated carbocycles. The second kappa shape index (κ2) is 6.32. The van der Waals surface area contributed by atoms with Gasteiger partial charge in [-0.15, -0.1) is 0 Å². The van der Waals surface area contributed by atoms with Crippen molar-refractivity contribution in [2.24, 2.45) is 0 Å². The van der Waals surface area contributed by atoms with E-state index in [1.807, 2.05) is 0 Å². The van der Waals surface area contributed by atoms with Gasteiger partial charge in [0.05, 0.1) is 5.56 Å². The molecule has 6 heteroatoms. The number of aromatic hydroxyl groups is 1. The molecule has 0 heterocycles. The van der Waals surface area contributed by atoms with Gasteiger partial charge in [0.2, 0.25) is 0 Å². The molecular weight excluding hydrogens is 307 g/mol. The van der Waals surface area contributed by atoms with Crippen LogP contribution >= 0.6 is 0 Å². The largest absolute Gasteiger partial charge is 0.508 e. The molecule has 0 aliphatic rings. The average molecular weight is 323 g/mol. The summed E-state index contributed by atoms with van der Waals surface area (Å²) in [5.74, 6) is -0.362. The van der Waals surface area contributed by atoms with E-state index in [0.717, 1.165) is 12.1 Å². The number of halogens is 3.